The van der Waals surface area contributed by atoms with E-state index in [1.54, 1.807) is 0 Å². The molecule has 0 aliphatic rings. The summed E-state index contributed by atoms with van der Waals surface area (Å²) in [5, 5.41) is 0. The van der Waals surface area contributed by atoms with Gasteiger partial charge in [-0.2, -0.15) is 15.0 Å². The highest BCUT2D eigenvalue weighted by molar-refractivity contribution is 8.00. The average molecular weight is 295 g/mol. The van der Waals surface area contributed by atoms with Crippen LogP contribution in [0.1, 0.15) is 0 Å². The van der Waals surface area contributed by atoms with Crippen LogP contribution in [0.2, 0.25) is 0 Å². The zero-order chi connectivity index (χ0) is 14.5. The first-order valence-corrected chi connectivity index (χ1v) is 7.18. The Hall–Kier alpha value is -2.60. The molecule has 0 saturated heterocycles. The quantitative estimate of drug-likeness (QED) is 0.720. The molecule has 0 aliphatic heterocycles. The second-order valence-electron chi connectivity index (χ2n) is 4.22. The topological polar surface area (TPSA) is 76.7 Å². The molecule has 0 aliphatic carbocycles. The molecule has 0 amide bonds. The molecule has 3 rings (SSSR count). The van der Waals surface area contributed by atoms with Gasteiger partial charge in [-0.3, -0.25) is 4.72 Å². The maximum Gasteiger partial charge on any atom is 0.238 e. The van der Waals surface area contributed by atoms with Gasteiger partial charge in [-0.15, -0.1) is 0 Å². The minimum Gasteiger partial charge on any atom is -0.368 e. The molecule has 0 bridgehead atoms. The molecule has 0 fully saturated rings. The van der Waals surface area contributed by atoms with Crippen molar-refractivity contribution in [1.29, 1.82) is 0 Å². The summed E-state index contributed by atoms with van der Waals surface area (Å²) < 4.78 is 3.09. The smallest absolute Gasteiger partial charge is 0.238 e. The molecule has 104 valence electrons. The molecule has 1 heterocycles. The van der Waals surface area contributed by atoms with Crippen LogP contribution in [0.3, 0.4) is 0 Å². The maximum atomic E-state index is 5.75. The third-order valence-corrected chi connectivity index (χ3v) is 3.48. The molecule has 1 aromatic heterocycles. The maximum absolute atomic E-state index is 5.75. The van der Waals surface area contributed by atoms with E-state index in [4.69, 9.17) is 5.73 Å². The summed E-state index contributed by atoms with van der Waals surface area (Å²) in [6.45, 7) is 0. The average Bonchev–Trinajstić information content (AvgIpc) is 2.54. The number of nitrogens with zero attached hydrogens (tertiary/aromatic N) is 3. The van der Waals surface area contributed by atoms with Crippen molar-refractivity contribution in [3.8, 4) is 11.4 Å². The van der Waals surface area contributed by atoms with Gasteiger partial charge in [0.15, 0.2) is 5.82 Å². The van der Waals surface area contributed by atoms with Crippen LogP contribution in [-0.2, 0) is 0 Å². The lowest BCUT2D eigenvalue weighted by atomic mass is 10.2. The Morgan fingerprint density at radius 1 is 0.810 bits per heavy atom. The summed E-state index contributed by atoms with van der Waals surface area (Å²) in [4.78, 5) is 13.7. The summed E-state index contributed by atoms with van der Waals surface area (Å²) in [6, 6.07) is 19.6. The molecule has 2 aromatic carbocycles. The predicted octanol–water partition coefficient (Wildman–Crippen LogP) is 3.24. The first-order valence-electron chi connectivity index (χ1n) is 6.36. The van der Waals surface area contributed by atoms with Gasteiger partial charge >= 0.3 is 0 Å². The Bertz CT molecular complexity index is 719. The molecule has 0 saturated carbocycles. The van der Waals surface area contributed by atoms with E-state index in [0.717, 1.165) is 10.5 Å². The van der Waals surface area contributed by atoms with E-state index in [2.05, 4.69) is 19.7 Å². The first kappa shape index (κ1) is 13.4. The third kappa shape index (κ3) is 3.49. The van der Waals surface area contributed by atoms with Gasteiger partial charge < -0.3 is 5.73 Å². The van der Waals surface area contributed by atoms with Crippen molar-refractivity contribution in [2.24, 2.45) is 0 Å². The van der Waals surface area contributed by atoms with Crippen LogP contribution in [-0.4, -0.2) is 15.0 Å². The van der Waals surface area contributed by atoms with Crippen molar-refractivity contribution in [3.63, 3.8) is 0 Å². The fourth-order valence-corrected chi connectivity index (χ4v) is 2.34. The number of aromatic nitrogens is 3. The van der Waals surface area contributed by atoms with E-state index in [9.17, 15) is 0 Å². The van der Waals surface area contributed by atoms with Crippen molar-refractivity contribution in [1.82, 2.24) is 15.0 Å². The van der Waals surface area contributed by atoms with Crippen LogP contribution in [0.5, 0.6) is 0 Å². The molecule has 5 nitrogen and oxygen atoms in total. The normalized spacial score (nSPS) is 10.3. The number of hydrogen-bond donors (Lipinski definition) is 2. The van der Waals surface area contributed by atoms with Gasteiger partial charge in [0, 0.05) is 10.5 Å². The van der Waals surface area contributed by atoms with Gasteiger partial charge in [0.25, 0.3) is 0 Å². The van der Waals surface area contributed by atoms with E-state index >= 15 is 0 Å². The molecule has 0 unspecified atom stereocenters. The summed E-state index contributed by atoms with van der Waals surface area (Å²) >= 11 is 1.43. The minimum atomic E-state index is 0.194. The van der Waals surface area contributed by atoms with Crippen LogP contribution in [0.15, 0.2) is 65.6 Å². The highest BCUT2D eigenvalue weighted by atomic mass is 32.2. The number of anilines is 2. The van der Waals surface area contributed by atoms with Gasteiger partial charge in [-0.25, -0.2) is 0 Å². The van der Waals surface area contributed by atoms with Crippen LogP contribution in [0.25, 0.3) is 11.4 Å². The molecule has 3 aromatic rings. The fraction of sp³-hybridized carbons (Fsp3) is 0. The van der Waals surface area contributed by atoms with Crippen molar-refractivity contribution in [3.05, 3.63) is 60.7 Å². The number of nitrogens with two attached hydrogens (primary N) is 1. The van der Waals surface area contributed by atoms with E-state index < -0.39 is 0 Å². The van der Waals surface area contributed by atoms with Gasteiger partial charge in [0.2, 0.25) is 11.9 Å². The van der Waals surface area contributed by atoms with Crippen molar-refractivity contribution in [2.45, 2.75) is 4.90 Å². The molecule has 21 heavy (non-hydrogen) atoms. The predicted molar refractivity (Wildman–Crippen MR) is 85.6 cm³/mol. The summed E-state index contributed by atoms with van der Waals surface area (Å²) in [7, 11) is 0. The highest BCUT2D eigenvalue weighted by Crippen LogP contribution is 2.21. The van der Waals surface area contributed by atoms with E-state index in [1.807, 2.05) is 60.7 Å². The number of rotatable bonds is 4. The first-order chi connectivity index (χ1) is 10.3. The Morgan fingerprint density at radius 2 is 1.48 bits per heavy atom. The molecule has 3 N–H and O–H groups in total. The largest absolute Gasteiger partial charge is 0.368 e. The number of nitrogen functional groups attached to an aromatic ring is 1. The second-order valence-corrected chi connectivity index (χ2v) is 5.10. The number of benzene rings is 2. The minimum absolute atomic E-state index is 0.194. The Morgan fingerprint density at radius 3 is 2.19 bits per heavy atom. The molecular weight excluding hydrogens is 282 g/mol. The van der Waals surface area contributed by atoms with Gasteiger partial charge in [-0.05, 0) is 24.1 Å². The lowest BCUT2D eigenvalue weighted by Gasteiger charge is -2.06. The van der Waals surface area contributed by atoms with Gasteiger partial charge in [-0.1, -0.05) is 48.5 Å². The standard InChI is InChI=1S/C15H13N5S/c16-14-17-13(11-7-3-1-4-8-11)18-15(19-14)20-21-12-9-5-2-6-10-12/h1-10H,(H3,16,17,18,19,20). The SMILES string of the molecule is Nc1nc(NSc2ccccc2)nc(-c2ccccc2)n1. The monoisotopic (exact) mass is 295 g/mol. The van der Waals surface area contributed by atoms with Crippen LogP contribution in [0.4, 0.5) is 11.9 Å². The zero-order valence-electron chi connectivity index (χ0n) is 11.1. The summed E-state index contributed by atoms with van der Waals surface area (Å²) in [6.07, 6.45) is 0. The zero-order valence-corrected chi connectivity index (χ0v) is 11.9. The highest BCUT2D eigenvalue weighted by Gasteiger charge is 2.06. The molecule has 0 radical (unpaired) electrons. The van der Waals surface area contributed by atoms with Crippen LogP contribution >= 0.6 is 11.9 Å². The van der Waals surface area contributed by atoms with E-state index in [1.165, 1.54) is 11.9 Å². The number of nitrogens with one attached hydrogen (secondary N) is 1. The molecule has 0 atom stereocenters. The lowest BCUT2D eigenvalue weighted by molar-refractivity contribution is 1.09. The second kappa shape index (κ2) is 6.23. The van der Waals surface area contributed by atoms with E-state index in [-0.39, 0.29) is 5.95 Å². The summed E-state index contributed by atoms with van der Waals surface area (Å²) in [5.41, 5.74) is 6.66. The fourth-order valence-electron chi connectivity index (χ4n) is 1.75. The molecule has 6 heteroatoms. The van der Waals surface area contributed by atoms with Crippen molar-refractivity contribution >= 4 is 23.8 Å². The molecular formula is C15H13N5S. The van der Waals surface area contributed by atoms with Gasteiger partial charge in [0.1, 0.15) is 0 Å². The Kier molecular flexibility index (Phi) is 3.97. The van der Waals surface area contributed by atoms with Crippen molar-refractivity contribution < 1.29 is 0 Å². The third-order valence-electron chi connectivity index (χ3n) is 2.69. The molecule has 0 spiro atoms. The number of hydrogen-bond acceptors (Lipinski definition) is 6. The van der Waals surface area contributed by atoms with Crippen LogP contribution < -0.4 is 10.5 Å². The van der Waals surface area contributed by atoms with Gasteiger partial charge in [0.05, 0.1) is 0 Å². The Labute approximate surface area is 126 Å². The van der Waals surface area contributed by atoms with Crippen molar-refractivity contribution in [2.75, 3.05) is 10.5 Å². The lowest BCUT2D eigenvalue weighted by Crippen LogP contribution is -2.03. The summed E-state index contributed by atoms with van der Waals surface area (Å²) in [5.74, 6) is 1.19. The Balaban J connectivity index is 1.82. The van der Waals surface area contributed by atoms with E-state index in [0.29, 0.717) is 11.8 Å². The van der Waals surface area contributed by atoms with Crippen LogP contribution in [0, 0.1) is 0 Å².